The first kappa shape index (κ1) is 16.6. The molecule has 114 valence electrons. The molecule has 0 aliphatic heterocycles. The summed E-state index contributed by atoms with van der Waals surface area (Å²) in [4.78, 5) is 35.0. The van der Waals surface area contributed by atoms with Crippen LogP contribution in [0.4, 0.5) is 4.39 Å². The molecule has 21 heavy (non-hydrogen) atoms. The van der Waals surface area contributed by atoms with E-state index in [9.17, 15) is 18.8 Å². The molecule has 0 heterocycles. The van der Waals surface area contributed by atoms with E-state index in [0.29, 0.717) is 5.56 Å². The van der Waals surface area contributed by atoms with Gasteiger partial charge in [0.1, 0.15) is 5.82 Å². The van der Waals surface area contributed by atoms with E-state index in [1.54, 1.807) is 0 Å². The van der Waals surface area contributed by atoms with E-state index < -0.39 is 23.7 Å². The molecule has 0 aliphatic carbocycles. The van der Waals surface area contributed by atoms with Crippen LogP contribution in [0.3, 0.4) is 0 Å². The highest BCUT2D eigenvalue weighted by Gasteiger charge is 2.19. The number of hydrogen-bond acceptors (Lipinski definition) is 3. The van der Waals surface area contributed by atoms with Crippen LogP contribution in [0.5, 0.6) is 0 Å². The first-order valence-electron chi connectivity index (χ1n) is 6.28. The molecule has 0 aliphatic rings. The molecule has 0 saturated heterocycles. The molecule has 0 aromatic heterocycles. The summed E-state index contributed by atoms with van der Waals surface area (Å²) in [6.45, 7) is 1.15. The Morgan fingerprint density at radius 1 is 1.29 bits per heavy atom. The number of nitrogens with one attached hydrogen (secondary N) is 1. The van der Waals surface area contributed by atoms with E-state index in [-0.39, 0.29) is 18.9 Å². The Labute approximate surface area is 121 Å². The lowest BCUT2D eigenvalue weighted by Crippen LogP contribution is -2.39. The molecule has 0 spiro atoms. The van der Waals surface area contributed by atoms with E-state index in [0.717, 1.165) is 0 Å². The van der Waals surface area contributed by atoms with Crippen molar-refractivity contribution in [2.24, 2.45) is 0 Å². The van der Waals surface area contributed by atoms with Crippen LogP contribution in [0.1, 0.15) is 24.9 Å². The number of carbonyl (C=O) groups excluding carboxylic acids is 2. The van der Waals surface area contributed by atoms with Gasteiger partial charge >= 0.3 is 5.97 Å². The first-order chi connectivity index (χ1) is 9.79. The van der Waals surface area contributed by atoms with Gasteiger partial charge in [0, 0.05) is 14.0 Å². The van der Waals surface area contributed by atoms with Crippen LogP contribution >= 0.6 is 0 Å². The minimum Gasteiger partial charge on any atom is -0.481 e. The molecule has 1 aromatic rings. The summed E-state index contributed by atoms with van der Waals surface area (Å²) in [5, 5.41) is 11.4. The maximum atomic E-state index is 12.9. The number of halogens is 1. The molecule has 1 unspecified atom stereocenters. The lowest BCUT2D eigenvalue weighted by Gasteiger charge is -2.20. The number of likely N-dealkylation sites (N-methyl/N-ethyl adjacent to an activating group) is 1. The van der Waals surface area contributed by atoms with Gasteiger partial charge in [0.15, 0.2) is 0 Å². The monoisotopic (exact) mass is 296 g/mol. The Bertz CT molecular complexity index is 530. The van der Waals surface area contributed by atoms with E-state index in [1.807, 2.05) is 0 Å². The Morgan fingerprint density at radius 3 is 2.33 bits per heavy atom. The van der Waals surface area contributed by atoms with Crippen LogP contribution in [-0.2, 0) is 14.4 Å². The summed E-state index contributed by atoms with van der Waals surface area (Å²) in [5.74, 6) is -2.30. The number of amides is 2. The number of carboxylic acid groups (broad SMARTS) is 1. The van der Waals surface area contributed by atoms with Crippen molar-refractivity contribution in [2.45, 2.75) is 19.4 Å². The van der Waals surface area contributed by atoms with Crippen LogP contribution in [0.15, 0.2) is 24.3 Å². The fraction of sp³-hybridized carbons (Fsp3) is 0.357. The van der Waals surface area contributed by atoms with Crippen molar-refractivity contribution < 1.29 is 23.9 Å². The quantitative estimate of drug-likeness (QED) is 0.818. The minimum absolute atomic E-state index is 0.174. The van der Waals surface area contributed by atoms with Crippen molar-refractivity contribution in [3.05, 3.63) is 35.6 Å². The highest BCUT2D eigenvalue weighted by Crippen LogP contribution is 2.17. The highest BCUT2D eigenvalue weighted by atomic mass is 19.1. The Hall–Kier alpha value is -2.44. The van der Waals surface area contributed by atoms with Crippen molar-refractivity contribution >= 4 is 17.8 Å². The summed E-state index contributed by atoms with van der Waals surface area (Å²) in [6.07, 6.45) is -0.332. The van der Waals surface area contributed by atoms with Crippen molar-refractivity contribution in [1.29, 1.82) is 0 Å². The van der Waals surface area contributed by atoms with Crippen molar-refractivity contribution in [1.82, 2.24) is 10.2 Å². The third-order valence-electron chi connectivity index (χ3n) is 2.90. The Morgan fingerprint density at radius 2 is 1.86 bits per heavy atom. The zero-order valence-corrected chi connectivity index (χ0v) is 11.8. The van der Waals surface area contributed by atoms with Gasteiger partial charge in [0.2, 0.25) is 11.8 Å². The molecule has 7 heteroatoms. The third-order valence-corrected chi connectivity index (χ3v) is 2.90. The van der Waals surface area contributed by atoms with E-state index >= 15 is 0 Å². The lowest BCUT2D eigenvalue weighted by molar-refractivity contribution is -0.138. The smallest absolute Gasteiger partial charge is 0.305 e. The summed E-state index contributed by atoms with van der Waals surface area (Å²) in [6, 6.07) is 4.43. The number of hydrogen-bond donors (Lipinski definition) is 2. The first-order valence-corrected chi connectivity index (χ1v) is 6.28. The second-order valence-corrected chi connectivity index (χ2v) is 4.64. The molecule has 1 atom stereocenters. The van der Waals surface area contributed by atoms with Gasteiger partial charge in [-0.1, -0.05) is 12.1 Å². The molecule has 6 nitrogen and oxygen atoms in total. The average molecular weight is 296 g/mol. The van der Waals surface area contributed by atoms with Gasteiger partial charge in [-0.25, -0.2) is 4.39 Å². The van der Waals surface area contributed by atoms with Gasteiger partial charge in [-0.15, -0.1) is 0 Å². The molecule has 0 saturated carbocycles. The Kier molecular flexibility index (Phi) is 5.83. The SMILES string of the molecule is CC(=O)N(C)CC(=O)NC(CC(=O)O)c1ccc(F)cc1. The summed E-state index contributed by atoms with van der Waals surface area (Å²) >= 11 is 0. The summed E-state index contributed by atoms with van der Waals surface area (Å²) in [7, 11) is 1.46. The second kappa shape index (κ2) is 7.37. The predicted molar refractivity (Wildman–Crippen MR) is 72.8 cm³/mol. The number of carbonyl (C=O) groups is 3. The summed E-state index contributed by atoms with van der Waals surface area (Å²) in [5.41, 5.74) is 0.484. The minimum atomic E-state index is -1.09. The van der Waals surface area contributed by atoms with Gasteiger partial charge in [-0.05, 0) is 17.7 Å². The number of carboxylic acids is 1. The molecule has 1 rings (SSSR count). The topological polar surface area (TPSA) is 86.7 Å². The molecule has 0 bridgehead atoms. The van der Waals surface area contributed by atoms with Crippen molar-refractivity contribution in [2.75, 3.05) is 13.6 Å². The van der Waals surface area contributed by atoms with Crippen LogP contribution in [0.25, 0.3) is 0 Å². The van der Waals surface area contributed by atoms with Gasteiger partial charge in [-0.3, -0.25) is 14.4 Å². The lowest BCUT2D eigenvalue weighted by atomic mass is 10.0. The van der Waals surface area contributed by atoms with E-state index in [4.69, 9.17) is 5.11 Å². The molecule has 0 radical (unpaired) electrons. The fourth-order valence-electron chi connectivity index (χ4n) is 1.69. The second-order valence-electron chi connectivity index (χ2n) is 4.64. The van der Waals surface area contributed by atoms with E-state index in [1.165, 1.54) is 43.1 Å². The maximum absolute atomic E-state index is 12.9. The standard InChI is InChI=1S/C14H17FN2O4/c1-9(18)17(2)8-13(19)16-12(7-14(20)21)10-3-5-11(15)6-4-10/h3-6,12H,7-8H2,1-2H3,(H,16,19)(H,20,21). The highest BCUT2D eigenvalue weighted by molar-refractivity contribution is 5.84. The number of aliphatic carboxylic acids is 1. The fourth-order valence-corrected chi connectivity index (χ4v) is 1.69. The van der Waals surface area contributed by atoms with Crippen LogP contribution in [0.2, 0.25) is 0 Å². The van der Waals surface area contributed by atoms with E-state index in [2.05, 4.69) is 5.32 Å². The van der Waals surface area contributed by atoms with Gasteiger partial charge in [0.05, 0.1) is 19.0 Å². The molecule has 2 N–H and O–H groups in total. The van der Waals surface area contributed by atoms with Crippen LogP contribution in [-0.4, -0.2) is 41.4 Å². The largest absolute Gasteiger partial charge is 0.481 e. The molecular formula is C14H17FN2O4. The number of rotatable bonds is 6. The zero-order valence-electron chi connectivity index (χ0n) is 11.8. The van der Waals surface area contributed by atoms with Gasteiger partial charge in [0.25, 0.3) is 0 Å². The maximum Gasteiger partial charge on any atom is 0.305 e. The van der Waals surface area contributed by atoms with Gasteiger partial charge in [-0.2, -0.15) is 0 Å². The van der Waals surface area contributed by atoms with Crippen molar-refractivity contribution in [3.63, 3.8) is 0 Å². The van der Waals surface area contributed by atoms with Crippen LogP contribution < -0.4 is 5.32 Å². The number of nitrogens with zero attached hydrogens (tertiary/aromatic N) is 1. The molecular weight excluding hydrogens is 279 g/mol. The van der Waals surface area contributed by atoms with Gasteiger partial charge < -0.3 is 15.3 Å². The zero-order chi connectivity index (χ0) is 16.0. The molecule has 0 fully saturated rings. The normalized spacial score (nSPS) is 11.6. The van der Waals surface area contributed by atoms with Crippen molar-refractivity contribution in [3.8, 4) is 0 Å². The average Bonchev–Trinajstić information content (AvgIpc) is 2.38. The molecule has 1 aromatic carbocycles. The Balaban J connectivity index is 2.79. The third kappa shape index (κ3) is 5.60. The number of benzene rings is 1. The summed E-state index contributed by atoms with van der Waals surface area (Å²) < 4.78 is 12.9. The predicted octanol–water partition coefficient (Wildman–Crippen LogP) is 0.936. The van der Waals surface area contributed by atoms with Crippen LogP contribution in [0, 0.1) is 5.82 Å². The molecule has 2 amide bonds.